The van der Waals surface area contributed by atoms with E-state index >= 15 is 0 Å². The van der Waals surface area contributed by atoms with E-state index in [0.29, 0.717) is 12.3 Å². The second kappa shape index (κ2) is 2.51. The van der Waals surface area contributed by atoms with Gasteiger partial charge in [-0.15, -0.1) is 0 Å². The highest BCUT2D eigenvalue weighted by molar-refractivity contribution is 7.87. The van der Waals surface area contributed by atoms with E-state index < -0.39 is 10.1 Å². The van der Waals surface area contributed by atoms with Crippen molar-refractivity contribution in [3.63, 3.8) is 0 Å². The summed E-state index contributed by atoms with van der Waals surface area (Å²) in [6.07, 6.45) is 0.347. The van der Waals surface area contributed by atoms with Gasteiger partial charge in [-0.3, -0.25) is 4.18 Å². The highest BCUT2D eigenvalue weighted by Crippen LogP contribution is 2.51. The third kappa shape index (κ3) is 0.928. The molecule has 3 aliphatic rings. The quantitative estimate of drug-likeness (QED) is 0.602. The Bertz CT molecular complexity index is 361. The van der Waals surface area contributed by atoms with E-state index in [4.69, 9.17) is 8.92 Å². The standard InChI is InChI=1S/C9H14O4S/c1-4(2)7-5-3-6-8(12-5)9(7)13-14(6,10)11/h4-9H,3H2,1-2H3. The van der Waals surface area contributed by atoms with Crippen LogP contribution in [0.4, 0.5) is 0 Å². The molecule has 0 amide bonds. The molecule has 0 aliphatic carbocycles. The maximum absolute atomic E-state index is 11.5. The van der Waals surface area contributed by atoms with Gasteiger partial charge < -0.3 is 4.74 Å². The van der Waals surface area contributed by atoms with Gasteiger partial charge in [0.05, 0.1) is 6.10 Å². The Kier molecular flexibility index (Phi) is 1.64. The van der Waals surface area contributed by atoms with Crippen LogP contribution in [0.25, 0.3) is 0 Å². The molecule has 2 bridgehead atoms. The molecule has 0 saturated carbocycles. The number of hydrogen-bond donors (Lipinski definition) is 0. The van der Waals surface area contributed by atoms with Gasteiger partial charge in [0.15, 0.2) is 0 Å². The first-order valence-corrected chi connectivity index (χ1v) is 6.55. The molecule has 3 heterocycles. The lowest BCUT2D eigenvalue weighted by Gasteiger charge is -2.24. The molecule has 5 atom stereocenters. The number of ether oxygens (including phenoxy) is 1. The fourth-order valence-corrected chi connectivity index (χ4v) is 4.77. The lowest BCUT2D eigenvalue weighted by molar-refractivity contribution is 0.0812. The van der Waals surface area contributed by atoms with E-state index in [1.54, 1.807) is 0 Å². The minimum Gasteiger partial charge on any atom is -0.370 e. The molecule has 5 unspecified atom stereocenters. The van der Waals surface area contributed by atoms with Crippen LogP contribution in [0.1, 0.15) is 20.3 Å². The molecule has 80 valence electrons. The Morgan fingerprint density at radius 1 is 1.29 bits per heavy atom. The van der Waals surface area contributed by atoms with Crippen molar-refractivity contribution in [1.82, 2.24) is 0 Å². The topological polar surface area (TPSA) is 52.6 Å². The van der Waals surface area contributed by atoms with Crippen LogP contribution in [0.5, 0.6) is 0 Å². The third-order valence-corrected chi connectivity index (χ3v) is 5.37. The van der Waals surface area contributed by atoms with E-state index in [1.165, 1.54) is 0 Å². The van der Waals surface area contributed by atoms with E-state index in [2.05, 4.69) is 13.8 Å². The molecule has 0 aromatic rings. The summed E-state index contributed by atoms with van der Waals surface area (Å²) in [5.41, 5.74) is 0. The zero-order valence-corrected chi connectivity index (χ0v) is 9.03. The summed E-state index contributed by atoms with van der Waals surface area (Å²) >= 11 is 0. The molecule has 0 radical (unpaired) electrons. The molecule has 3 saturated heterocycles. The molecule has 5 heteroatoms. The van der Waals surface area contributed by atoms with Crippen molar-refractivity contribution in [2.75, 3.05) is 0 Å². The van der Waals surface area contributed by atoms with Crippen molar-refractivity contribution < 1.29 is 17.3 Å². The fourth-order valence-electron chi connectivity index (χ4n) is 3.11. The van der Waals surface area contributed by atoms with Gasteiger partial charge in [-0.25, -0.2) is 0 Å². The highest BCUT2D eigenvalue weighted by atomic mass is 32.2. The molecule has 0 N–H and O–H groups in total. The molecule has 0 aromatic carbocycles. The van der Waals surface area contributed by atoms with E-state index in [-0.39, 0.29) is 29.5 Å². The van der Waals surface area contributed by atoms with Gasteiger partial charge in [0.25, 0.3) is 10.1 Å². The first-order chi connectivity index (χ1) is 6.50. The van der Waals surface area contributed by atoms with Gasteiger partial charge in [-0.05, 0) is 12.3 Å². The molecular weight excluding hydrogens is 204 g/mol. The minimum absolute atomic E-state index is 0.104. The number of rotatable bonds is 1. The molecule has 4 nitrogen and oxygen atoms in total. The minimum atomic E-state index is -3.32. The zero-order valence-electron chi connectivity index (χ0n) is 8.21. The lowest BCUT2D eigenvalue weighted by atomic mass is 9.79. The maximum atomic E-state index is 11.5. The molecule has 3 rings (SSSR count). The summed E-state index contributed by atoms with van der Waals surface area (Å²) in [6.45, 7) is 4.19. The van der Waals surface area contributed by atoms with Crippen LogP contribution in [0.3, 0.4) is 0 Å². The Labute approximate surface area is 83.7 Å². The monoisotopic (exact) mass is 218 g/mol. The largest absolute Gasteiger partial charge is 0.370 e. The third-order valence-electron chi connectivity index (χ3n) is 3.68. The predicted octanol–water partition coefficient (Wildman–Crippen LogP) is 0.527. The first kappa shape index (κ1) is 9.12. The molecular formula is C9H14O4S. The second-order valence-electron chi connectivity index (χ2n) is 4.79. The zero-order chi connectivity index (χ0) is 10.1. The Balaban J connectivity index is 2.01. The normalized spacial score (nSPS) is 53.2. The van der Waals surface area contributed by atoms with Crippen LogP contribution >= 0.6 is 0 Å². The Morgan fingerprint density at radius 3 is 2.64 bits per heavy atom. The smallest absolute Gasteiger partial charge is 0.273 e. The molecule has 0 aromatic heterocycles. The van der Waals surface area contributed by atoms with Crippen molar-refractivity contribution in [1.29, 1.82) is 0 Å². The summed E-state index contributed by atoms with van der Waals surface area (Å²) < 4.78 is 33.9. The summed E-state index contributed by atoms with van der Waals surface area (Å²) in [7, 11) is -3.32. The van der Waals surface area contributed by atoms with Crippen molar-refractivity contribution in [3.8, 4) is 0 Å². The van der Waals surface area contributed by atoms with Crippen LogP contribution in [0, 0.1) is 11.8 Å². The van der Waals surface area contributed by atoms with Gasteiger partial charge in [-0.2, -0.15) is 8.42 Å². The van der Waals surface area contributed by atoms with E-state index in [9.17, 15) is 8.42 Å². The van der Waals surface area contributed by atoms with E-state index in [0.717, 1.165) is 0 Å². The maximum Gasteiger partial charge on any atom is 0.273 e. The number of fused-ring (bicyclic) bond motifs is 1. The predicted molar refractivity (Wildman–Crippen MR) is 49.2 cm³/mol. The van der Waals surface area contributed by atoms with Crippen LogP contribution < -0.4 is 0 Å². The van der Waals surface area contributed by atoms with Crippen LogP contribution in [-0.4, -0.2) is 32.0 Å². The lowest BCUT2D eigenvalue weighted by Crippen LogP contribution is -2.37. The van der Waals surface area contributed by atoms with Crippen LogP contribution in [0.2, 0.25) is 0 Å². The van der Waals surface area contributed by atoms with Crippen molar-refractivity contribution in [3.05, 3.63) is 0 Å². The average molecular weight is 218 g/mol. The summed E-state index contributed by atoms with van der Waals surface area (Å²) in [4.78, 5) is 0. The average Bonchev–Trinajstić information content (AvgIpc) is 2.61. The van der Waals surface area contributed by atoms with Crippen LogP contribution in [0.15, 0.2) is 0 Å². The van der Waals surface area contributed by atoms with Gasteiger partial charge in [0.2, 0.25) is 0 Å². The van der Waals surface area contributed by atoms with Crippen molar-refractivity contribution >= 4 is 10.1 Å². The highest BCUT2D eigenvalue weighted by Gasteiger charge is 2.65. The van der Waals surface area contributed by atoms with E-state index in [1.807, 2.05) is 0 Å². The molecule has 3 fully saturated rings. The fraction of sp³-hybridized carbons (Fsp3) is 1.00. The number of hydrogen-bond acceptors (Lipinski definition) is 4. The van der Waals surface area contributed by atoms with Gasteiger partial charge in [0, 0.05) is 5.92 Å². The Morgan fingerprint density at radius 2 is 2.00 bits per heavy atom. The van der Waals surface area contributed by atoms with Crippen LogP contribution in [-0.2, 0) is 19.0 Å². The first-order valence-electron chi connectivity index (χ1n) is 5.08. The van der Waals surface area contributed by atoms with Gasteiger partial charge >= 0.3 is 0 Å². The summed E-state index contributed by atoms with van der Waals surface area (Å²) in [5.74, 6) is 0.678. The Hall–Kier alpha value is -0.130. The van der Waals surface area contributed by atoms with Crippen molar-refractivity contribution in [2.45, 2.75) is 43.8 Å². The second-order valence-corrected chi connectivity index (χ2v) is 6.57. The molecule has 3 aliphatic heterocycles. The molecule has 14 heavy (non-hydrogen) atoms. The van der Waals surface area contributed by atoms with Gasteiger partial charge in [-0.1, -0.05) is 13.8 Å². The van der Waals surface area contributed by atoms with Gasteiger partial charge in [0.1, 0.15) is 17.5 Å². The molecule has 0 spiro atoms. The summed E-state index contributed by atoms with van der Waals surface area (Å²) in [6, 6.07) is 0. The SMILES string of the molecule is CC(C)C1C2CC3C(O2)C1OS3(=O)=O. The summed E-state index contributed by atoms with van der Waals surface area (Å²) in [5, 5.41) is -0.382. The van der Waals surface area contributed by atoms with Crippen molar-refractivity contribution in [2.24, 2.45) is 11.8 Å².